The van der Waals surface area contributed by atoms with E-state index < -0.39 is 0 Å². The molecule has 0 fully saturated rings. The van der Waals surface area contributed by atoms with Crippen molar-refractivity contribution in [2.45, 2.75) is 27.3 Å². The van der Waals surface area contributed by atoms with E-state index in [0.29, 0.717) is 17.1 Å². The Morgan fingerprint density at radius 2 is 1.68 bits per heavy atom. The number of nitrogens with zero attached hydrogens (tertiary/aromatic N) is 3. The van der Waals surface area contributed by atoms with Gasteiger partial charge in [-0.05, 0) is 56.7 Å². The molecule has 0 atom stereocenters. The summed E-state index contributed by atoms with van der Waals surface area (Å²) >= 11 is 3.43. The van der Waals surface area contributed by atoms with Gasteiger partial charge in [0, 0.05) is 15.8 Å². The van der Waals surface area contributed by atoms with E-state index in [-0.39, 0.29) is 24.1 Å². The second-order valence-electron chi connectivity index (χ2n) is 6.51. The zero-order valence-electron chi connectivity index (χ0n) is 15.8. The minimum Gasteiger partial charge on any atom is -0.324 e. The molecule has 0 bridgehead atoms. The Hall–Kier alpha value is -3.00. The Morgan fingerprint density at radius 1 is 1.00 bits per heavy atom. The van der Waals surface area contributed by atoms with Gasteiger partial charge < -0.3 is 10.6 Å². The Morgan fingerprint density at radius 3 is 2.36 bits per heavy atom. The summed E-state index contributed by atoms with van der Waals surface area (Å²) in [6.45, 7) is 5.60. The molecule has 1 heterocycles. The molecule has 0 unspecified atom stereocenters. The minimum absolute atomic E-state index is 0.0304. The average molecular weight is 442 g/mol. The van der Waals surface area contributed by atoms with Crippen LogP contribution in [0.3, 0.4) is 0 Å². The van der Waals surface area contributed by atoms with Crippen LogP contribution in [0.4, 0.5) is 11.4 Å². The van der Waals surface area contributed by atoms with E-state index in [1.807, 2.05) is 50.2 Å². The van der Waals surface area contributed by atoms with E-state index in [1.54, 1.807) is 13.0 Å². The molecule has 0 spiro atoms. The second kappa shape index (κ2) is 8.35. The van der Waals surface area contributed by atoms with Crippen molar-refractivity contribution in [2.24, 2.45) is 0 Å². The van der Waals surface area contributed by atoms with Crippen LogP contribution in [-0.2, 0) is 11.3 Å². The molecule has 2 N–H and O–H groups in total. The number of carbonyl (C=O) groups is 2. The van der Waals surface area contributed by atoms with E-state index in [9.17, 15) is 9.59 Å². The van der Waals surface area contributed by atoms with Gasteiger partial charge in [0.1, 0.15) is 6.54 Å². The number of nitrogens with one attached hydrogen (secondary N) is 2. The normalized spacial score (nSPS) is 10.6. The van der Waals surface area contributed by atoms with Gasteiger partial charge in [-0.2, -0.15) is 0 Å². The number of aromatic nitrogens is 3. The number of hydrogen-bond acceptors (Lipinski definition) is 4. The maximum Gasteiger partial charge on any atom is 0.278 e. The highest BCUT2D eigenvalue weighted by atomic mass is 79.9. The number of amides is 2. The van der Waals surface area contributed by atoms with Crippen molar-refractivity contribution >= 4 is 39.1 Å². The van der Waals surface area contributed by atoms with Gasteiger partial charge >= 0.3 is 0 Å². The summed E-state index contributed by atoms with van der Waals surface area (Å²) in [4.78, 5) is 24.8. The lowest BCUT2D eigenvalue weighted by atomic mass is 10.2. The van der Waals surface area contributed by atoms with Crippen LogP contribution < -0.4 is 10.6 Å². The topological polar surface area (TPSA) is 88.9 Å². The van der Waals surface area contributed by atoms with E-state index in [4.69, 9.17) is 0 Å². The van der Waals surface area contributed by atoms with Gasteiger partial charge in [0.25, 0.3) is 5.91 Å². The standard InChI is InChI=1S/C20H20BrN5O2/c1-12-4-6-15(7-5-12)22-18(27)11-26-14(3)19(24-25-26)20(28)23-16-8-9-17(21)13(2)10-16/h4-10H,11H2,1-3H3,(H,22,27)(H,23,28). The number of carbonyl (C=O) groups excluding carboxylic acids is 2. The molecule has 8 heteroatoms. The largest absolute Gasteiger partial charge is 0.324 e. The predicted molar refractivity (Wildman–Crippen MR) is 111 cm³/mol. The summed E-state index contributed by atoms with van der Waals surface area (Å²) in [7, 11) is 0. The van der Waals surface area contributed by atoms with Crippen LogP contribution in [0.1, 0.15) is 27.3 Å². The molecular formula is C20H20BrN5O2. The number of hydrogen-bond donors (Lipinski definition) is 2. The zero-order chi connectivity index (χ0) is 20.3. The van der Waals surface area contributed by atoms with Crippen molar-refractivity contribution in [2.75, 3.05) is 10.6 Å². The zero-order valence-corrected chi connectivity index (χ0v) is 17.4. The van der Waals surface area contributed by atoms with Crippen molar-refractivity contribution in [3.05, 3.63) is 69.5 Å². The predicted octanol–water partition coefficient (Wildman–Crippen LogP) is 3.86. The highest BCUT2D eigenvalue weighted by Gasteiger charge is 2.18. The van der Waals surface area contributed by atoms with Gasteiger partial charge in [0.15, 0.2) is 5.69 Å². The SMILES string of the molecule is Cc1ccc(NC(=O)Cn2nnc(C(=O)Nc3ccc(Br)c(C)c3)c2C)cc1. The van der Waals surface area contributed by atoms with Gasteiger partial charge in [-0.3, -0.25) is 9.59 Å². The quantitative estimate of drug-likeness (QED) is 0.628. The monoisotopic (exact) mass is 441 g/mol. The fourth-order valence-electron chi connectivity index (χ4n) is 2.61. The Kier molecular flexibility index (Phi) is 5.89. The molecule has 0 saturated carbocycles. The number of rotatable bonds is 5. The summed E-state index contributed by atoms with van der Waals surface area (Å²) < 4.78 is 2.37. The van der Waals surface area contributed by atoms with Gasteiger partial charge in [-0.15, -0.1) is 5.10 Å². The van der Waals surface area contributed by atoms with Crippen LogP contribution in [0.2, 0.25) is 0 Å². The van der Waals surface area contributed by atoms with E-state index in [0.717, 1.165) is 15.6 Å². The van der Waals surface area contributed by atoms with Crippen LogP contribution in [0, 0.1) is 20.8 Å². The smallest absolute Gasteiger partial charge is 0.278 e. The first-order chi connectivity index (χ1) is 13.3. The third kappa shape index (κ3) is 4.64. The maximum atomic E-state index is 12.5. The number of anilines is 2. The molecule has 2 amide bonds. The Bertz CT molecular complexity index is 1030. The molecule has 2 aromatic carbocycles. The summed E-state index contributed by atoms with van der Waals surface area (Å²) in [5, 5.41) is 13.5. The molecule has 0 aliphatic carbocycles. The Balaban J connectivity index is 1.67. The van der Waals surface area contributed by atoms with Gasteiger partial charge in [0.05, 0.1) is 5.69 Å². The fraction of sp³-hybridized carbons (Fsp3) is 0.200. The molecule has 0 aliphatic heterocycles. The van der Waals surface area contributed by atoms with Crippen molar-refractivity contribution < 1.29 is 9.59 Å². The molecular weight excluding hydrogens is 422 g/mol. The molecule has 7 nitrogen and oxygen atoms in total. The van der Waals surface area contributed by atoms with Gasteiger partial charge in [0.2, 0.25) is 5.91 Å². The molecule has 0 saturated heterocycles. The summed E-state index contributed by atoms with van der Waals surface area (Å²) in [6.07, 6.45) is 0. The first kappa shape index (κ1) is 19.8. The average Bonchev–Trinajstić information content (AvgIpc) is 3.01. The van der Waals surface area contributed by atoms with E-state index in [2.05, 4.69) is 36.9 Å². The summed E-state index contributed by atoms with van der Waals surface area (Å²) in [5.74, 6) is -0.614. The molecule has 3 rings (SSSR count). The van der Waals surface area contributed by atoms with Crippen molar-refractivity contribution in [3.63, 3.8) is 0 Å². The van der Waals surface area contributed by atoms with E-state index in [1.165, 1.54) is 4.68 Å². The molecule has 0 aliphatic rings. The third-order valence-corrected chi connectivity index (χ3v) is 5.13. The first-order valence-corrected chi connectivity index (χ1v) is 9.47. The highest BCUT2D eigenvalue weighted by Crippen LogP contribution is 2.20. The van der Waals surface area contributed by atoms with Crippen LogP contribution in [-0.4, -0.2) is 26.8 Å². The van der Waals surface area contributed by atoms with Crippen molar-refractivity contribution in [3.8, 4) is 0 Å². The second-order valence-corrected chi connectivity index (χ2v) is 7.37. The van der Waals surface area contributed by atoms with Crippen LogP contribution in [0.15, 0.2) is 46.9 Å². The molecule has 144 valence electrons. The van der Waals surface area contributed by atoms with Gasteiger partial charge in [-0.1, -0.05) is 38.8 Å². The number of halogens is 1. The third-order valence-electron chi connectivity index (χ3n) is 4.24. The van der Waals surface area contributed by atoms with E-state index >= 15 is 0 Å². The minimum atomic E-state index is -0.371. The lowest BCUT2D eigenvalue weighted by Gasteiger charge is -2.07. The lowest BCUT2D eigenvalue weighted by molar-refractivity contribution is -0.117. The van der Waals surface area contributed by atoms with Crippen molar-refractivity contribution in [1.82, 2.24) is 15.0 Å². The summed E-state index contributed by atoms with van der Waals surface area (Å²) in [5.41, 5.74) is 4.19. The lowest BCUT2D eigenvalue weighted by Crippen LogP contribution is -2.21. The van der Waals surface area contributed by atoms with Crippen LogP contribution >= 0.6 is 15.9 Å². The number of benzene rings is 2. The molecule has 1 aromatic heterocycles. The van der Waals surface area contributed by atoms with Crippen LogP contribution in [0.5, 0.6) is 0 Å². The first-order valence-electron chi connectivity index (χ1n) is 8.67. The van der Waals surface area contributed by atoms with Crippen molar-refractivity contribution in [1.29, 1.82) is 0 Å². The number of aryl methyl sites for hydroxylation is 2. The maximum absolute atomic E-state index is 12.5. The molecule has 0 radical (unpaired) electrons. The van der Waals surface area contributed by atoms with Gasteiger partial charge in [-0.25, -0.2) is 4.68 Å². The molecule has 28 heavy (non-hydrogen) atoms. The highest BCUT2D eigenvalue weighted by molar-refractivity contribution is 9.10. The molecule has 3 aromatic rings. The van der Waals surface area contributed by atoms with Crippen LogP contribution in [0.25, 0.3) is 0 Å². The summed E-state index contributed by atoms with van der Waals surface area (Å²) in [6, 6.07) is 13.0. The Labute approximate surface area is 171 Å². The fourth-order valence-corrected chi connectivity index (χ4v) is 2.85.